The van der Waals surface area contributed by atoms with Crippen LogP contribution in [0.15, 0.2) is 61.1 Å². The molecule has 2 amide bonds. The molecule has 0 unspecified atom stereocenters. The first-order valence-electron chi connectivity index (χ1n) is 10.0. The first-order valence-corrected chi connectivity index (χ1v) is 10.8. The van der Waals surface area contributed by atoms with E-state index in [1.165, 1.54) is 36.3 Å². The van der Waals surface area contributed by atoms with Crippen molar-refractivity contribution in [3.8, 4) is 16.8 Å². The van der Waals surface area contributed by atoms with Gasteiger partial charge in [-0.1, -0.05) is 29.3 Å². The molecule has 0 saturated carbocycles. The van der Waals surface area contributed by atoms with Crippen molar-refractivity contribution < 1.29 is 14.0 Å². The van der Waals surface area contributed by atoms with E-state index in [0.29, 0.717) is 21.8 Å². The molecular formula is C24H18Cl2FN5O2. The van der Waals surface area contributed by atoms with Crippen molar-refractivity contribution >= 4 is 40.8 Å². The predicted molar refractivity (Wildman–Crippen MR) is 129 cm³/mol. The SMILES string of the molecule is Cc1cnn(-c2cc(-c3cc(C(N)=O)ccc3Cl)cnc2N(C)C(=O)c2c(F)cccc2Cl)c1. The largest absolute Gasteiger partial charge is 0.366 e. The van der Waals surface area contributed by atoms with E-state index in [-0.39, 0.29) is 22.0 Å². The van der Waals surface area contributed by atoms with Crippen LogP contribution in [0.1, 0.15) is 26.3 Å². The first kappa shape index (κ1) is 23.4. The zero-order valence-electron chi connectivity index (χ0n) is 18.1. The summed E-state index contributed by atoms with van der Waals surface area (Å²) in [6, 6.07) is 10.4. The molecule has 0 spiro atoms. The second kappa shape index (κ2) is 9.24. The highest BCUT2D eigenvalue weighted by atomic mass is 35.5. The van der Waals surface area contributed by atoms with E-state index in [1.54, 1.807) is 35.3 Å². The minimum atomic E-state index is -0.743. The molecule has 2 aromatic carbocycles. The number of aromatic nitrogens is 3. The molecule has 34 heavy (non-hydrogen) atoms. The van der Waals surface area contributed by atoms with Crippen molar-refractivity contribution in [1.82, 2.24) is 14.8 Å². The summed E-state index contributed by atoms with van der Waals surface area (Å²) in [4.78, 5) is 30.5. The molecule has 0 radical (unpaired) electrons. The molecule has 4 rings (SSSR count). The van der Waals surface area contributed by atoms with E-state index in [9.17, 15) is 14.0 Å². The highest BCUT2D eigenvalue weighted by Crippen LogP contribution is 2.33. The molecule has 7 nitrogen and oxygen atoms in total. The summed E-state index contributed by atoms with van der Waals surface area (Å²) in [5.41, 5.74) is 7.81. The van der Waals surface area contributed by atoms with Crippen LogP contribution in [-0.2, 0) is 0 Å². The number of carbonyl (C=O) groups excluding carboxylic acids is 2. The summed E-state index contributed by atoms with van der Waals surface area (Å²) in [7, 11) is 1.47. The third-order valence-corrected chi connectivity index (χ3v) is 5.81. The van der Waals surface area contributed by atoms with Crippen molar-refractivity contribution in [1.29, 1.82) is 0 Å². The lowest BCUT2D eigenvalue weighted by Crippen LogP contribution is -2.29. The molecule has 0 saturated heterocycles. The second-order valence-electron chi connectivity index (χ2n) is 7.55. The minimum Gasteiger partial charge on any atom is -0.366 e. The Balaban J connectivity index is 1.87. The maximum atomic E-state index is 14.4. The quantitative estimate of drug-likeness (QED) is 0.416. The molecule has 0 atom stereocenters. The Morgan fingerprint density at radius 1 is 1.09 bits per heavy atom. The summed E-state index contributed by atoms with van der Waals surface area (Å²) < 4.78 is 16.0. The topological polar surface area (TPSA) is 94.1 Å². The Morgan fingerprint density at radius 3 is 2.50 bits per heavy atom. The number of amides is 2. The Kier molecular flexibility index (Phi) is 6.37. The van der Waals surface area contributed by atoms with E-state index in [2.05, 4.69) is 10.1 Å². The van der Waals surface area contributed by atoms with Crippen LogP contribution in [0.5, 0.6) is 0 Å². The number of nitrogens with two attached hydrogens (primary N) is 1. The second-order valence-corrected chi connectivity index (χ2v) is 8.36. The average molecular weight is 498 g/mol. The van der Waals surface area contributed by atoms with E-state index in [1.807, 2.05) is 6.92 Å². The number of aryl methyl sites for hydroxylation is 1. The number of nitrogens with zero attached hydrogens (tertiary/aromatic N) is 4. The third kappa shape index (κ3) is 4.37. The van der Waals surface area contributed by atoms with Crippen molar-refractivity contribution in [2.24, 2.45) is 5.73 Å². The Labute approximate surface area is 204 Å². The number of anilines is 1. The van der Waals surface area contributed by atoms with Crippen molar-refractivity contribution in [3.05, 3.63) is 93.6 Å². The first-order chi connectivity index (χ1) is 16.2. The lowest BCUT2D eigenvalue weighted by molar-refractivity contribution is 0.0984. The van der Waals surface area contributed by atoms with Crippen LogP contribution in [0.2, 0.25) is 10.0 Å². The van der Waals surface area contributed by atoms with Crippen molar-refractivity contribution in [2.75, 3.05) is 11.9 Å². The zero-order chi connectivity index (χ0) is 24.6. The van der Waals surface area contributed by atoms with Gasteiger partial charge in [-0.25, -0.2) is 14.1 Å². The highest BCUT2D eigenvalue weighted by molar-refractivity contribution is 6.34. The molecule has 2 aromatic heterocycles. The molecule has 0 fully saturated rings. The molecule has 10 heteroatoms. The number of primary amides is 1. The van der Waals surface area contributed by atoms with Crippen LogP contribution in [0, 0.1) is 12.7 Å². The number of hydrogen-bond acceptors (Lipinski definition) is 4. The van der Waals surface area contributed by atoms with Crippen molar-refractivity contribution in [2.45, 2.75) is 6.92 Å². The lowest BCUT2D eigenvalue weighted by Gasteiger charge is -2.21. The molecule has 0 aliphatic carbocycles. The standard InChI is InChI=1S/C24H18Cl2FN5O2/c1-13-10-30-32(12-13)20-9-15(16-8-14(22(28)33)6-7-17(16)25)11-29-23(20)31(2)24(34)21-18(26)4-3-5-19(21)27/h3-12H,1-2H3,(H2,28,33). The molecule has 0 aliphatic rings. The van der Waals surface area contributed by atoms with Gasteiger partial charge < -0.3 is 5.73 Å². The summed E-state index contributed by atoms with van der Waals surface area (Å²) in [6.07, 6.45) is 4.89. The van der Waals surface area contributed by atoms with Crippen LogP contribution in [0.3, 0.4) is 0 Å². The van der Waals surface area contributed by atoms with Gasteiger partial charge in [0.25, 0.3) is 5.91 Å². The summed E-state index contributed by atoms with van der Waals surface area (Å²) in [5, 5.41) is 4.70. The van der Waals surface area contributed by atoms with Crippen LogP contribution in [0.25, 0.3) is 16.8 Å². The third-order valence-electron chi connectivity index (χ3n) is 5.17. The average Bonchev–Trinajstić information content (AvgIpc) is 3.24. The number of rotatable bonds is 5. The lowest BCUT2D eigenvalue weighted by atomic mass is 10.0. The number of benzene rings is 2. The molecule has 2 N–H and O–H groups in total. The van der Waals surface area contributed by atoms with Gasteiger partial charge in [-0.05, 0) is 48.9 Å². The fourth-order valence-electron chi connectivity index (χ4n) is 3.43. The Morgan fingerprint density at radius 2 is 1.85 bits per heavy atom. The van der Waals surface area contributed by atoms with Gasteiger partial charge in [-0.15, -0.1) is 0 Å². The fourth-order valence-corrected chi connectivity index (χ4v) is 3.90. The highest BCUT2D eigenvalue weighted by Gasteiger charge is 2.25. The Hall–Kier alpha value is -3.75. The van der Waals surface area contributed by atoms with E-state index in [0.717, 1.165) is 11.6 Å². The van der Waals surface area contributed by atoms with E-state index < -0.39 is 17.6 Å². The Bertz CT molecular complexity index is 1420. The summed E-state index contributed by atoms with van der Waals surface area (Å²) in [6.45, 7) is 1.86. The molecule has 172 valence electrons. The van der Waals surface area contributed by atoms with Gasteiger partial charge in [0.2, 0.25) is 5.91 Å². The molecule has 0 aliphatic heterocycles. The van der Waals surface area contributed by atoms with Crippen LogP contribution in [0.4, 0.5) is 10.2 Å². The van der Waals surface area contributed by atoms with Crippen LogP contribution >= 0.6 is 23.2 Å². The molecule has 0 bridgehead atoms. The monoisotopic (exact) mass is 497 g/mol. The molecular weight excluding hydrogens is 480 g/mol. The van der Waals surface area contributed by atoms with Crippen molar-refractivity contribution in [3.63, 3.8) is 0 Å². The maximum Gasteiger partial charge on any atom is 0.263 e. The predicted octanol–water partition coefficient (Wildman–Crippen LogP) is 5.06. The van der Waals surface area contributed by atoms with E-state index in [4.69, 9.17) is 28.9 Å². The zero-order valence-corrected chi connectivity index (χ0v) is 19.6. The number of carbonyl (C=O) groups is 2. The van der Waals surface area contributed by atoms with Crippen LogP contribution < -0.4 is 10.6 Å². The summed E-state index contributed by atoms with van der Waals surface area (Å²) >= 11 is 12.5. The minimum absolute atomic E-state index is 0.0139. The number of halogens is 3. The molecule has 4 aromatic rings. The molecule has 2 heterocycles. The summed E-state index contributed by atoms with van der Waals surface area (Å²) in [5.74, 6) is -1.81. The van der Waals surface area contributed by atoms with Gasteiger partial charge in [-0.2, -0.15) is 5.10 Å². The van der Waals surface area contributed by atoms with Crippen LogP contribution in [-0.4, -0.2) is 33.6 Å². The maximum absolute atomic E-state index is 14.4. The van der Waals surface area contributed by atoms with Gasteiger partial charge in [0, 0.05) is 41.2 Å². The smallest absolute Gasteiger partial charge is 0.263 e. The number of hydrogen-bond donors (Lipinski definition) is 1. The van der Waals surface area contributed by atoms with Gasteiger partial charge in [0.05, 0.1) is 16.8 Å². The van der Waals surface area contributed by atoms with Gasteiger partial charge in [-0.3, -0.25) is 14.5 Å². The van der Waals surface area contributed by atoms with E-state index >= 15 is 0 Å². The van der Waals surface area contributed by atoms with Gasteiger partial charge >= 0.3 is 0 Å². The normalized spacial score (nSPS) is 10.9. The number of pyridine rings is 1. The van der Waals surface area contributed by atoms with Gasteiger partial charge in [0.15, 0.2) is 5.82 Å². The van der Waals surface area contributed by atoms with Gasteiger partial charge in [0.1, 0.15) is 11.5 Å². The fraction of sp³-hybridized carbons (Fsp3) is 0.0833.